The fourth-order valence-electron chi connectivity index (χ4n) is 1.69. The highest BCUT2D eigenvalue weighted by Gasteiger charge is 2.35. The van der Waals surface area contributed by atoms with Crippen LogP contribution in [0.2, 0.25) is 0 Å². The van der Waals surface area contributed by atoms with Crippen LogP contribution in [0.5, 0.6) is 0 Å². The third kappa shape index (κ3) is 2.67. The molecule has 0 spiro atoms. The van der Waals surface area contributed by atoms with Gasteiger partial charge in [-0.25, -0.2) is 15.0 Å². The highest BCUT2D eigenvalue weighted by molar-refractivity contribution is 7.15. The van der Waals surface area contributed by atoms with Gasteiger partial charge >= 0.3 is 6.18 Å². The Morgan fingerprint density at radius 3 is 2.53 bits per heavy atom. The quantitative estimate of drug-likeness (QED) is 0.942. The molecule has 0 aliphatic carbocycles. The van der Waals surface area contributed by atoms with E-state index in [1.165, 1.54) is 12.5 Å². The molecule has 0 aliphatic rings. The standard InChI is InChI=1S/C11H11F3N4S/c1-3-6-8(17-5-18-9(6)15-2)7-4-16-10(19-7)11(12,13)14/h4-5H,3H2,1-2H3,(H,15,17,18). The molecule has 0 aliphatic heterocycles. The molecule has 0 unspecified atom stereocenters. The molecule has 0 bridgehead atoms. The third-order valence-corrected chi connectivity index (χ3v) is 3.57. The number of thiazole rings is 1. The predicted molar refractivity (Wildman–Crippen MR) is 67.1 cm³/mol. The molecule has 102 valence electrons. The summed E-state index contributed by atoms with van der Waals surface area (Å²) in [5, 5.41) is 2.04. The lowest BCUT2D eigenvalue weighted by molar-refractivity contribution is -0.137. The van der Waals surface area contributed by atoms with Crippen molar-refractivity contribution in [3.05, 3.63) is 23.1 Å². The highest BCUT2D eigenvalue weighted by Crippen LogP contribution is 2.37. The van der Waals surface area contributed by atoms with Crippen molar-refractivity contribution in [1.29, 1.82) is 0 Å². The van der Waals surface area contributed by atoms with Crippen molar-refractivity contribution in [2.24, 2.45) is 0 Å². The van der Waals surface area contributed by atoms with Gasteiger partial charge in [-0.2, -0.15) is 13.2 Å². The molecule has 0 radical (unpaired) electrons. The molecule has 2 aromatic heterocycles. The molecular formula is C11H11F3N4S. The first-order chi connectivity index (χ1) is 8.97. The molecular weight excluding hydrogens is 277 g/mol. The van der Waals surface area contributed by atoms with Crippen LogP contribution in [0, 0.1) is 0 Å². The fraction of sp³-hybridized carbons (Fsp3) is 0.364. The van der Waals surface area contributed by atoms with Crippen molar-refractivity contribution < 1.29 is 13.2 Å². The van der Waals surface area contributed by atoms with Crippen molar-refractivity contribution in [2.75, 3.05) is 12.4 Å². The van der Waals surface area contributed by atoms with Crippen molar-refractivity contribution in [2.45, 2.75) is 19.5 Å². The monoisotopic (exact) mass is 288 g/mol. The maximum atomic E-state index is 12.5. The second kappa shape index (κ2) is 5.12. The van der Waals surface area contributed by atoms with Gasteiger partial charge in [-0.15, -0.1) is 11.3 Å². The maximum Gasteiger partial charge on any atom is 0.443 e. The first-order valence-corrected chi connectivity index (χ1v) is 6.34. The van der Waals surface area contributed by atoms with Gasteiger partial charge in [0.2, 0.25) is 0 Å². The van der Waals surface area contributed by atoms with Gasteiger partial charge in [0.05, 0.1) is 10.6 Å². The van der Waals surface area contributed by atoms with Crippen LogP contribution in [0.15, 0.2) is 12.5 Å². The Hall–Kier alpha value is -1.70. The predicted octanol–water partition coefficient (Wildman–Crippen LogP) is 3.22. The number of hydrogen-bond donors (Lipinski definition) is 1. The van der Waals surface area contributed by atoms with E-state index in [0.717, 1.165) is 5.56 Å². The molecule has 0 amide bonds. The summed E-state index contributed by atoms with van der Waals surface area (Å²) in [7, 11) is 1.71. The van der Waals surface area contributed by atoms with Crippen LogP contribution < -0.4 is 5.32 Å². The molecule has 0 saturated heterocycles. The minimum absolute atomic E-state index is 0.392. The Kier molecular flexibility index (Phi) is 3.70. The third-order valence-electron chi connectivity index (χ3n) is 2.52. The SMILES string of the molecule is CCc1c(NC)ncnc1-c1cnc(C(F)(F)F)s1. The second-order valence-electron chi connectivity index (χ2n) is 3.68. The summed E-state index contributed by atoms with van der Waals surface area (Å²) in [6, 6.07) is 0. The average molecular weight is 288 g/mol. The zero-order valence-corrected chi connectivity index (χ0v) is 11.1. The van der Waals surface area contributed by atoms with E-state index in [9.17, 15) is 13.2 Å². The smallest absolute Gasteiger partial charge is 0.373 e. The first kappa shape index (κ1) is 13.7. The summed E-state index contributed by atoms with van der Waals surface area (Å²) in [4.78, 5) is 11.9. The Labute approximate surface area is 111 Å². The fourth-order valence-corrected chi connectivity index (χ4v) is 2.50. The van der Waals surface area contributed by atoms with Gasteiger partial charge in [-0.3, -0.25) is 0 Å². The molecule has 0 saturated carbocycles. The maximum absolute atomic E-state index is 12.5. The Morgan fingerprint density at radius 1 is 1.26 bits per heavy atom. The molecule has 0 fully saturated rings. The van der Waals surface area contributed by atoms with Crippen LogP contribution in [0.3, 0.4) is 0 Å². The zero-order valence-electron chi connectivity index (χ0n) is 10.2. The molecule has 8 heteroatoms. The van der Waals surface area contributed by atoms with Gasteiger partial charge in [0.25, 0.3) is 0 Å². The van der Waals surface area contributed by atoms with Crippen molar-refractivity contribution in [3.63, 3.8) is 0 Å². The van der Waals surface area contributed by atoms with Crippen molar-refractivity contribution in [3.8, 4) is 10.6 Å². The van der Waals surface area contributed by atoms with E-state index in [1.54, 1.807) is 7.05 Å². The number of aromatic nitrogens is 3. The van der Waals surface area contributed by atoms with E-state index in [0.29, 0.717) is 34.1 Å². The van der Waals surface area contributed by atoms with Crippen LogP contribution >= 0.6 is 11.3 Å². The molecule has 2 heterocycles. The van der Waals surface area contributed by atoms with Crippen molar-refractivity contribution in [1.82, 2.24) is 15.0 Å². The summed E-state index contributed by atoms with van der Waals surface area (Å²) in [5.74, 6) is 0.620. The number of anilines is 1. The van der Waals surface area contributed by atoms with Gasteiger partial charge in [-0.1, -0.05) is 6.92 Å². The lowest BCUT2D eigenvalue weighted by atomic mass is 10.1. The summed E-state index contributed by atoms with van der Waals surface area (Å²) >= 11 is 0.587. The van der Waals surface area contributed by atoms with E-state index >= 15 is 0 Å². The molecule has 0 aromatic carbocycles. The second-order valence-corrected chi connectivity index (χ2v) is 4.71. The average Bonchev–Trinajstić information content (AvgIpc) is 2.86. The topological polar surface area (TPSA) is 50.7 Å². The van der Waals surface area contributed by atoms with Crippen LogP contribution in [0.4, 0.5) is 19.0 Å². The minimum Gasteiger partial charge on any atom is -0.373 e. The number of alkyl halides is 3. The number of rotatable bonds is 3. The minimum atomic E-state index is -4.42. The van der Waals surface area contributed by atoms with E-state index in [-0.39, 0.29) is 0 Å². The normalized spacial score (nSPS) is 11.6. The number of hydrogen-bond acceptors (Lipinski definition) is 5. The number of nitrogens with zero attached hydrogens (tertiary/aromatic N) is 3. The van der Waals surface area contributed by atoms with Gasteiger partial charge in [-0.05, 0) is 6.42 Å². The lowest BCUT2D eigenvalue weighted by Crippen LogP contribution is -2.03. The first-order valence-electron chi connectivity index (χ1n) is 5.52. The van der Waals surface area contributed by atoms with Crippen LogP contribution in [0.1, 0.15) is 17.5 Å². The summed E-state index contributed by atoms with van der Waals surface area (Å²) < 4.78 is 37.6. The molecule has 1 N–H and O–H groups in total. The van der Waals surface area contributed by atoms with Gasteiger partial charge in [0, 0.05) is 18.8 Å². The Morgan fingerprint density at radius 2 is 2.00 bits per heavy atom. The highest BCUT2D eigenvalue weighted by atomic mass is 32.1. The van der Waals surface area contributed by atoms with E-state index in [1.807, 2.05) is 6.92 Å². The summed E-state index contributed by atoms with van der Waals surface area (Å²) in [6.07, 6.45) is -1.28. The summed E-state index contributed by atoms with van der Waals surface area (Å²) in [6.45, 7) is 1.90. The van der Waals surface area contributed by atoms with Gasteiger partial charge < -0.3 is 5.32 Å². The number of nitrogens with one attached hydrogen (secondary N) is 1. The van der Waals surface area contributed by atoms with Gasteiger partial charge in [0.1, 0.15) is 12.1 Å². The molecule has 19 heavy (non-hydrogen) atoms. The Bertz CT molecular complexity index is 580. The van der Waals surface area contributed by atoms with Crippen LogP contribution in [0.25, 0.3) is 10.6 Å². The van der Waals surface area contributed by atoms with E-state index in [4.69, 9.17) is 0 Å². The Balaban J connectivity index is 2.50. The van der Waals surface area contributed by atoms with E-state index in [2.05, 4.69) is 20.3 Å². The molecule has 2 rings (SSSR count). The van der Waals surface area contributed by atoms with Crippen molar-refractivity contribution >= 4 is 17.2 Å². The van der Waals surface area contributed by atoms with Crippen LogP contribution in [-0.4, -0.2) is 22.0 Å². The largest absolute Gasteiger partial charge is 0.443 e. The van der Waals surface area contributed by atoms with Crippen LogP contribution in [-0.2, 0) is 12.6 Å². The van der Waals surface area contributed by atoms with E-state index < -0.39 is 11.2 Å². The lowest BCUT2D eigenvalue weighted by Gasteiger charge is -2.09. The number of halogens is 3. The molecule has 2 aromatic rings. The zero-order chi connectivity index (χ0) is 14.0. The van der Waals surface area contributed by atoms with Gasteiger partial charge in [0.15, 0.2) is 5.01 Å². The summed E-state index contributed by atoms with van der Waals surface area (Å²) in [5.41, 5.74) is 1.28. The molecule has 4 nitrogen and oxygen atoms in total. The molecule has 0 atom stereocenters.